The topological polar surface area (TPSA) is 49.3 Å². The van der Waals surface area contributed by atoms with Crippen molar-refractivity contribution in [1.82, 2.24) is 5.32 Å². The first-order valence-corrected chi connectivity index (χ1v) is 5.76. The zero-order valence-electron chi connectivity index (χ0n) is 8.82. The van der Waals surface area contributed by atoms with Gasteiger partial charge in [0.05, 0.1) is 5.92 Å². The Hall–Kier alpha value is -1.06. The molecule has 0 amide bonds. The number of hydrogen-bond acceptors (Lipinski definition) is 2. The fraction of sp³-hybridized carbons (Fsp3) is 0.417. The largest absolute Gasteiger partial charge is 0.481 e. The van der Waals surface area contributed by atoms with Gasteiger partial charge in [0.25, 0.3) is 0 Å². The molecule has 1 saturated carbocycles. The van der Waals surface area contributed by atoms with Crippen LogP contribution < -0.4 is 5.32 Å². The molecule has 1 unspecified atom stereocenters. The molecule has 1 aromatic carbocycles. The van der Waals surface area contributed by atoms with Gasteiger partial charge in [0.1, 0.15) is 0 Å². The molecule has 1 atom stereocenters. The molecule has 0 radical (unpaired) electrons. The molecule has 1 aliphatic carbocycles. The van der Waals surface area contributed by atoms with Crippen LogP contribution in [-0.2, 0) is 4.79 Å². The number of benzene rings is 1. The van der Waals surface area contributed by atoms with Crippen LogP contribution in [0.5, 0.6) is 0 Å². The molecule has 1 aliphatic rings. The third-order valence-electron chi connectivity index (χ3n) is 2.74. The number of carbonyl (C=O) groups is 1. The van der Waals surface area contributed by atoms with E-state index in [4.69, 9.17) is 16.7 Å². The predicted octanol–water partition coefficient (Wildman–Crippen LogP) is 2.26. The molecule has 16 heavy (non-hydrogen) atoms. The van der Waals surface area contributed by atoms with Crippen molar-refractivity contribution in [3.63, 3.8) is 0 Å². The first-order valence-electron chi connectivity index (χ1n) is 5.38. The van der Waals surface area contributed by atoms with Gasteiger partial charge in [0, 0.05) is 17.6 Å². The van der Waals surface area contributed by atoms with Crippen molar-refractivity contribution < 1.29 is 9.90 Å². The van der Waals surface area contributed by atoms with Gasteiger partial charge in [-0.1, -0.05) is 23.7 Å². The van der Waals surface area contributed by atoms with Crippen LogP contribution in [0.1, 0.15) is 24.3 Å². The van der Waals surface area contributed by atoms with E-state index < -0.39 is 11.9 Å². The zero-order chi connectivity index (χ0) is 11.5. The van der Waals surface area contributed by atoms with Crippen LogP contribution in [0.25, 0.3) is 0 Å². The van der Waals surface area contributed by atoms with Gasteiger partial charge in [-0.3, -0.25) is 4.79 Å². The standard InChI is InChI=1S/C12H14ClNO2/c13-9-3-1-2-8(6-9)11(12(15)16)7-14-10-4-5-10/h1-3,6,10-11,14H,4-5,7H2,(H,15,16). The van der Waals surface area contributed by atoms with Crippen molar-refractivity contribution in [3.8, 4) is 0 Å². The lowest BCUT2D eigenvalue weighted by Crippen LogP contribution is -2.28. The summed E-state index contributed by atoms with van der Waals surface area (Å²) in [7, 11) is 0. The van der Waals surface area contributed by atoms with Gasteiger partial charge in [0.15, 0.2) is 0 Å². The summed E-state index contributed by atoms with van der Waals surface area (Å²) < 4.78 is 0. The molecular formula is C12H14ClNO2. The van der Waals surface area contributed by atoms with Crippen molar-refractivity contribution in [3.05, 3.63) is 34.9 Å². The van der Waals surface area contributed by atoms with Crippen LogP contribution in [0.4, 0.5) is 0 Å². The lowest BCUT2D eigenvalue weighted by atomic mass is 9.99. The molecule has 0 saturated heterocycles. The molecule has 86 valence electrons. The number of rotatable bonds is 5. The summed E-state index contributed by atoms with van der Waals surface area (Å²) in [6.07, 6.45) is 2.31. The number of aliphatic carboxylic acids is 1. The summed E-state index contributed by atoms with van der Waals surface area (Å²) in [5, 5.41) is 13.0. The molecule has 1 fully saturated rings. The molecule has 2 rings (SSSR count). The minimum absolute atomic E-state index is 0.473. The first kappa shape index (κ1) is 11.4. The monoisotopic (exact) mass is 239 g/mol. The van der Waals surface area contributed by atoms with E-state index >= 15 is 0 Å². The van der Waals surface area contributed by atoms with Crippen molar-refractivity contribution >= 4 is 17.6 Å². The second-order valence-electron chi connectivity index (χ2n) is 4.13. The van der Waals surface area contributed by atoms with Crippen LogP contribution >= 0.6 is 11.6 Å². The van der Waals surface area contributed by atoms with Crippen molar-refractivity contribution in [2.75, 3.05) is 6.54 Å². The number of carboxylic acid groups (broad SMARTS) is 1. The molecule has 4 heteroatoms. The summed E-state index contributed by atoms with van der Waals surface area (Å²) in [5.74, 6) is -1.32. The second-order valence-corrected chi connectivity index (χ2v) is 4.56. The first-order chi connectivity index (χ1) is 7.66. The highest BCUT2D eigenvalue weighted by Crippen LogP contribution is 2.23. The maximum atomic E-state index is 11.2. The number of carboxylic acids is 1. The number of halogens is 1. The van der Waals surface area contributed by atoms with Crippen LogP contribution in [0, 0.1) is 0 Å². The third kappa shape index (κ3) is 2.97. The molecule has 0 bridgehead atoms. The Labute approximate surface area is 99.4 Å². The predicted molar refractivity (Wildman–Crippen MR) is 62.9 cm³/mol. The van der Waals surface area contributed by atoms with Crippen LogP contribution in [0.2, 0.25) is 5.02 Å². The summed E-state index contributed by atoms with van der Waals surface area (Å²) in [5.41, 5.74) is 0.758. The van der Waals surface area contributed by atoms with Crippen LogP contribution in [0.3, 0.4) is 0 Å². The maximum Gasteiger partial charge on any atom is 0.312 e. The van der Waals surface area contributed by atoms with E-state index in [1.165, 1.54) is 0 Å². The Balaban J connectivity index is 2.07. The number of hydrogen-bond donors (Lipinski definition) is 2. The Morgan fingerprint density at radius 2 is 2.31 bits per heavy atom. The van der Waals surface area contributed by atoms with Gasteiger partial charge in [-0.25, -0.2) is 0 Å². The summed E-state index contributed by atoms with van der Waals surface area (Å²) in [4.78, 5) is 11.2. The third-order valence-corrected chi connectivity index (χ3v) is 2.97. The van der Waals surface area contributed by atoms with E-state index in [0.29, 0.717) is 17.6 Å². The minimum Gasteiger partial charge on any atom is -0.481 e. The summed E-state index contributed by atoms with van der Waals surface area (Å²) in [6.45, 7) is 0.473. The molecule has 0 aromatic heterocycles. The summed E-state index contributed by atoms with van der Waals surface area (Å²) >= 11 is 5.86. The van der Waals surface area contributed by atoms with Crippen LogP contribution in [0.15, 0.2) is 24.3 Å². The highest BCUT2D eigenvalue weighted by atomic mass is 35.5. The maximum absolute atomic E-state index is 11.2. The van der Waals surface area contributed by atoms with Crippen molar-refractivity contribution in [1.29, 1.82) is 0 Å². The van der Waals surface area contributed by atoms with E-state index in [2.05, 4.69) is 5.32 Å². The SMILES string of the molecule is O=C(O)C(CNC1CC1)c1cccc(Cl)c1. The fourth-order valence-corrected chi connectivity index (χ4v) is 1.84. The highest BCUT2D eigenvalue weighted by Gasteiger charge is 2.25. The molecule has 1 aromatic rings. The van der Waals surface area contributed by atoms with Gasteiger partial charge >= 0.3 is 5.97 Å². The Morgan fingerprint density at radius 3 is 2.88 bits per heavy atom. The fourth-order valence-electron chi connectivity index (χ4n) is 1.64. The van der Waals surface area contributed by atoms with Crippen molar-refractivity contribution in [2.45, 2.75) is 24.8 Å². The Morgan fingerprint density at radius 1 is 1.56 bits per heavy atom. The average Bonchev–Trinajstić information content (AvgIpc) is 3.01. The lowest BCUT2D eigenvalue weighted by Gasteiger charge is -2.13. The van der Waals surface area contributed by atoms with Crippen molar-refractivity contribution in [2.24, 2.45) is 0 Å². The van der Waals surface area contributed by atoms with Gasteiger partial charge in [-0.05, 0) is 30.5 Å². The molecule has 3 nitrogen and oxygen atoms in total. The lowest BCUT2D eigenvalue weighted by molar-refractivity contribution is -0.138. The van der Waals surface area contributed by atoms with E-state index in [1.807, 2.05) is 0 Å². The smallest absolute Gasteiger partial charge is 0.312 e. The summed E-state index contributed by atoms with van der Waals surface area (Å²) in [6, 6.07) is 7.57. The normalized spacial score (nSPS) is 17.1. The quantitative estimate of drug-likeness (QED) is 0.829. The Kier molecular flexibility index (Phi) is 3.46. The van der Waals surface area contributed by atoms with E-state index in [-0.39, 0.29) is 0 Å². The second kappa shape index (κ2) is 4.85. The zero-order valence-corrected chi connectivity index (χ0v) is 9.57. The van der Waals surface area contributed by atoms with Gasteiger partial charge < -0.3 is 10.4 Å². The molecule has 2 N–H and O–H groups in total. The van der Waals surface area contributed by atoms with Gasteiger partial charge in [-0.2, -0.15) is 0 Å². The highest BCUT2D eigenvalue weighted by molar-refractivity contribution is 6.30. The molecule has 0 heterocycles. The van der Waals surface area contributed by atoms with E-state index in [0.717, 1.165) is 18.4 Å². The van der Waals surface area contributed by atoms with E-state index in [1.54, 1.807) is 24.3 Å². The van der Waals surface area contributed by atoms with Gasteiger partial charge in [-0.15, -0.1) is 0 Å². The molecule has 0 aliphatic heterocycles. The van der Waals surface area contributed by atoms with Gasteiger partial charge in [0.2, 0.25) is 0 Å². The van der Waals surface area contributed by atoms with E-state index in [9.17, 15) is 4.79 Å². The molecule has 0 spiro atoms. The minimum atomic E-state index is -0.810. The Bertz CT molecular complexity index is 390. The number of nitrogens with one attached hydrogen (secondary N) is 1. The molecular weight excluding hydrogens is 226 g/mol. The van der Waals surface area contributed by atoms with Crippen LogP contribution in [-0.4, -0.2) is 23.7 Å². The average molecular weight is 240 g/mol.